The van der Waals surface area contributed by atoms with Gasteiger partial charge in [0.1, 0.15) is 5.52 Å². The molecule has 9 heteroatoms. The van der Waals surface area contributed by atoms with E-state index < -0.39 is 0 Å². The molecule has 0 unspecified atom stereocenters. The molecule has 28 heavy (non-hydrogen) atoms. The first-order valence-electron chi connectivity index (χ1n) is 9.31. The zero-order valence-electron chi connectivity index (χ0n) is 15.9. The molecule has 1 aliphatic rings. The minimum absolute atomic E-state index is 0. The third-order valence-electron chi connectivity index (χ3n) is 4.73. The van der Waals surface area contributed by atoms with Crippen molar-refractivity contribution in [3.05, 3.63) is 36.4 Å². The summed E-state index contributed by atoms with van der Waals surface area (Å²) in [7, 11) is 0. The van der Waals surface area contributed by atoms with Crippen LogP contribution in [0.1, 0.15) is 43.3 Å². The topological polar surface area (TPSA) is 97.6 Å². The quantitative estimate of drug-likeness (QED) is 0.696. The van der Waals surface area contributed by atoms with E-state index in [0.717, 1.165) is 48.1 Å². The summed E-state index contributed by atoms with van der Waals surface area (Å²) in [6.45, 7) is 5.83. The van der Waals surface area contributed by atoms with E-state index in [1.807, 2.05) is 36.7 Å². The first-order chi connectivity index (χ1) is 13.1. The second kappa shape index (κ2) is 8.62. The molecule has 0 atom stereocenters. The van der Waals surface area contributed by atoms with Crippen LogP contribution in [0.5, 0.6) is 0 Å². The monoisotopic (exact) mass is 401 g/mol. The van der Waals surface area contributed by atoms with Gasteiger partial charge in [-0.1, -0.05) is 11.3 Å². The summed E-state index contributed by atoms with van der Waals surface area (Å²) < 4.78 is 2.04. The van der Waals surface area contributed by atoms with Gasteiger partial charge in [-0.2, -0.15) is 0 Å². The Hall–Kier alpha value is -2.58. The first kappa shape index (κ1) is 20.2. The van der Waals surface area contributed by atoms with Crippen LogP contribution in [-0.4, -0.2) is 50.0 Å². The Morgan fingerprint density at radius 1 is 1.18 bits per heavy atom. The molecule has 1 saturated heterocycles. The predicted octanol–water partition coefficient (Wildman–Crippen LogP) is 2.37. The van der Waals surface area contributed by atoms with E-state index in [9.17, 15) is 4.79 Å². The number of rotatable bonds is 4. The van der Waals surface area contributed by atoms with E-state index in [-0.39, 0.29) is 30.2 Å². The maximum absolute atomic E-state index is 12.0. The normalized spacial score (nSPS) is 14.8. The minimum atomic E-state index is -0.267. The van der Waals surface area contributed by atoms with Gasteiger partial charge in [0.15, 0.2) is 0 Å². The van der Waals surface area contributed by atoms with Gasteiger partial charge < -0.3 is 10.6 Å². The van der Waals surface area contributed by atoms with Gasteiger partial charge in [0, 0.05) is 24.0 Å². The summed E-state index contributed by atoms with van der Waals surface area (Å²) >= 11 is 0. The van der Waals surface area contributed by atoms with Crippen LogP contribution in [0.3, 0.4) is 0 Å². The highest BCUT2D eigenvalue weighted by atomic mass is 35.5. The van der Waals surface area contributed by atoms with Crippen LogP contribution in [0.2, 0.25) is 0 Å². The molecular weight excluding hydrogens is 378 g/mol. The summed E-state index contributed by atoms with van der Waals surface area (Å²) in [5.41, 5.74) is 3.69. The summed E-state index contributed by atoms with van der Waals surface area (Å²) in [5.74, 6) is -0.0951. The number of halogens is 1. The number of nitrogens with one attached hydrogen (secondary N) is 2. The molecule has 148 valence electrons. The number of hydrogen-bond acceptors (Lipinski definition) is 6. The smallest absolute Gasteiger partial charge is 0.289 e. The van der Waals surface area contributed by atoms with Crippen molar-refractivity contribution in [2.45, 2.75) is 38.8 Å². The molecule has 1 amide bonds. The minimum Gasteiger partial charge on any atom is -0.347 e. The molecule has 0 aliphatic carbocycles. The Kier molecular flexibility index (Phi) is 6.21. The second-order valence-electron chi connectivity index (χ2n) is 7.14. The third-order valence-corrected chi connectivity index (χ3v) is 4.73. The maximum atomic E-state index is 12.0. The molecule has 2 aromatic heterocycles. The highest BCUT2D eigenvalue weighted by Gasteiger charge is 2.19. The molecule has 4 rings (SSSR count). The number of aromatic nitrogens is 5. The Morgan fingerprint density at radius 3 is 2.57 bits per heavy atom. The van der Waals surface area contributed by atoms with Gasteiger partial charge in [0.2, 0.25) is 5.82 Å². The van der Waals surface area contributed by atoms with Gasteiger partial charge in [-0.25, -0.2) is 14.6 Å². The molecule has 0 spiro atoms. The molecule has 1 fully saturated rings. The molecule has 0 radical (unpaired) electrons. The maximum Gasteiger partial charge on any atom is 0.289 e. The molecule has 3 heterocycles. The highest BCUT2D eigenvalue weighted by Crippen LogP contribution is 2.26. The van der Waals surface area contributed by atoms with Crippen molar-refractivity contribution in [1.29, 1.82) is 0 Å². The highest BCUT2D eigenvalue weighted by molar-refractivity contribution is 5.90. The Labute approximate surface area is 169 Å². The Bertz CT molecular complexity index is 949. The molecule has 3 aromatic rings. The fourth-order valence-corrected chi connectivity index (χ4v) is 3.36. The molecule has 1 aromatic carbocycles. The molecule has 8 nitrogen and oxygen atoms in total. The van der Waals surface area contributed by atoms with Gasteiger partial charge in [-0.05, 0) is 57.5 Å². The van der Waals surface area contributed by atoms with E-state index in [1.54, 1.807) is 12.4 Å². The number of carbonyl (C=O) groups excluding carboxylic acids is 1. The number of amides is 1. The average molecular weight is 402 g/mol. The number of piperidine rings is 1. The Balaban J connectivity index is 0.00000225. The molecule has 2 N–H and O–H groups in total. The van der Waals surface area contributed by atoms with Gasteiger partial charge in [0.05, 0.1) is 11.6 Å². The van der Waals surface area contributed by atoms with Crippen LogP contribution in [0.25, 0.3) is 22.2 Å². The van der Waals surface area contributed by atoms with E-state index in [0.29, 0.717) is 6.04 Å². The molecular formula is C19H24ClN7O. The van der Waals surface area contributed by atoms with Crippen molar-refractivity contribution < 1.29 is 4.79 Å². The number of nitrogens with zero attached hydrogens (tertiary/aromatic N) is 5. The van der Waals surface area contributed by atoms with E-state index in [1.165, 1.54) is 0 Å². The van der Waals surface area contributed by atoms with E-state index >= 15 is 0 Å². The van der Waals surface area contributed by atoms with Gasteiger partial charge in [-0.15, -0.1) is 17.5 Å². The lowest BCUT2D eigenvalue weighted by Gasteiger charge is -2.22. The predicted molar refractivity (Wildman–Crippen MR) is 110 cm³/mol. The largest absolute Gasteiger partial charge is 0.347 e. The van der Waals surface area contributed by atoms with Gasteiger partial charge in [-0.3, -0.25) is 4.79 Å². The van der Waals surface area contributed by atoms with Crippen LogP contribution in [0.15, 0.2) is 30.6 Å². The fourth-order valence-electron chi connectivity index (χ4n) is 3.36. The zero-order valence-corrected chi connectivity index (χ0v) is 16.7. The van der Waals surface area contributed by atoms with Crippen molar-refractivity contribution in [1.82, 2.24) is 35.6 Å². The summed E-state index contributed by atoms with van der Waals surface area (Å²) in [4.78, 5) is 20.4. The van der Waals surface area contributed by atoms with Crippen molar-refractivity contribution in [3.63, 3.8) is 0 Å². The SMILES string of the molecule is CC(C)NC(=O)c1ncc(-c2ccc3c(c2)nnn3C2CCNCC2)cn1.Cl. The molecule has 0 bridgehead atoms. The lowest BCUT2D eigenvalue weighted by atomic mass is 10.1. The zero-order chi connectivity index (χ0) is 18.8. The fraction of sp³-hybridized carbons (Fsp3) is 0.421. The van der Waals surface area contributed by atoms with E-state index in [4.69, 9.17) is 0 Å². The number of fused-ring (bicyclic) bond motifs is 1. The molecule has 1 aliphatic heterocycles. The lowest BCUT2D eigenvalue weighted by Crippen LogP contribution is -2.31. The van der Waals surface area contributed by atoms with Crippen molar-refractivity contribution in [2.24, 2.45) is 0 Å². The summed E-state index contributed by atoms with van der Waals surface area (Å²) in [6.07, 6.45) is 5.46. The van der Waals surface area contributed by atoms with Crippen molar-refractivity contribution >= 4 is 29.3 Å². The number of hydrogen-bond donors (Lipinski definition) is 2. The third kappa shape index (κ3) is 4.13. The van der Waals surface area contributed by atoms with Crippen molar-refractivity contribution in [2.75, 3.05) is 13.1 Å². The van der Waals surface area contributed by atoms with Gasteiger partial charge >= 0.3 is 0 Å². The van der Waals surface area contributed by atoms with Crippen LogP contribution in [0, 0.1) is 0 Å². The Morgan fingerprint density at radius 2 is 1.89 bits per heavy atom. The van der Waals surface area contributed by atoms with Crippen molar-refractivity contribution in [3.8, 4) is 11.1 Å². The second-order valence-corrected chi connectivity index (χ2v) is 7.14. The first-order valence-corrected chi connectivity index (χ1v) is 9.31. The van der Waals surface area contributed by atoms with Crippen LogP contribution >= 0.6 is 12.4 Å². The number of carbonyl (C=O) groups is 1. The van der Waals surface area contributed by atoms with Gasteiger partial charge in [0.25, 0.3) is 5.91 Å². The standard InChI is InChI=1S/C19H23N7O.ClH/c1-12(2)23-19(27)18-21-10-14(11-22-18)13-3-4-17-16(9-13)24-25-26(17)15-5-7-20-8-6-15;/h3-4,9-12,15,20H,5-8H2,1-2H3,(H,23,27);1H. The van der Waals surface area contributed by atoms with Crippen LogP contribution in [-0.2, 0) is 0 Å². The van der Waals surface area contributed by atoms with Crippen LogP contribution < -0.4 is 10.6 Å². The van der Waals surface area contributed by atoms with E-state index in [2.05, 4.69) is 30.9 Å². The summed E-state index contributed by atoms with van der Waals surface area (Å²) in [6, 6.07) is 6.50. The number of benzene rings is 1. The molecule has 0 saturated carbocycles. The average Bonchev–Trinajstić information content (AvgIpc) is 3.11. The van der Waals surface area contributed by atoms with Crippen LogP contribution in [0.4, 0.5) is 0 Å². The lowest BCUT2D eigenvalue weighted by molar-refractivity contribution is 0.0932. The summed E-state index contributed by atoms with van der Waals surface area (Å²) in [5, 5.41) is 14.9.